The SMILES string of the molecule is CCC/C=C\C/C=C\CCCCCCCC(=O)OCC(COC(=O)CCCCCCCCCCCCCCCCCCCCCCCCCCCCCCCCCC)OC(=O)CCCCCCCCCCCCCCCC. The second-order valence-electron chi connectivity index (χ2n) is 23.8. The fraction of sp³-hybridized carbons (Fsp3) is 0.901. The van der Waals surface area contributed by atoms with Crippen molar-refractivity contribution >= 4 is 17.9 Å². The monoisotopic (exact) mass is 1080 g/mol. The first kappa shape index (κ1) is 74.9. The van der Waals surface area contributed by atoms with Gasteiger partial charge in [-0.1, -0.05) is 353 Å². The molecule has 1 unspecified atom stereocenters. The Balaban J connectivity index is 4.06. The van der Waals surface area contributed by atoms with Crippen LogP contribution in [0, 0.1) is 0 Å². The van der Waals surface area contributed by atoms with E-state index in [9.17, 15) is 14.4 Å². The van der Waals surface area contributed by atoms with Crippen molar-refractivity contribution < 1.29 is 28.6 Å². The van der Waals surface area contributed by atoms with Gasteiger partial charge in [0.15, 0.2) is 6.10 Å². The van der Waals surface area contributed by atoms with Crippen LogP contribution in [-0.2, 0) is 28.6 Å². The zero-order valence-electron chi connectivity index (χ0n) is 52.3. The number of rotatable bonds is 65. The number of unbranched alkanes of at least 4 members (excludes halogenated alkanes) is 50. The minimum atomic E-state index is -0.773. The third kappa shape index (κ3) is 64.6. The maximum Gasteiger partial charge on any atom is 0.306 e. The molecule has 1 atom stereocenters. The van der Waals surface area contributed by atoms with E-state index in [1.165, 1.54) is 270 Å². The maximum absolute atomic E-state index is 12.9. The Morgan fingerprint density at radius 1 is 0.260 bits per heavy atom. The third-order valence-corrected chi connectivity index (χ3v) is 15.9. The molecule has 0 bridgehead atoms. The summed E-state index contributed by atoms with van der Waals surface area (Å²) < 4.78 is 16.9. The summed E-state index contributed by atoms with van der Waals surface area (Å²) in [7, 11) is 0. The zero-order chi connectivity index (χ0) is 55.7. The van der Waals surface area contributed by atoms with Crippen LogP contribution < -0.4 is 0 Å². The lowest BCUT2D eigenvalue weighted by atomic mass is 10.0. The van der Waals surface area contributed by atoms with Crippen molar-refractivity contribution in [2.75, 3.05) is 13.2 Å². The summed E-state index contributed by atoms with van der Waals surface area (Å²) in [5, 5.41) is 0. The molecule has 0 N–H and O–H groups in total. The van der Waals surface area contributed by atoms with E-state index in [-0.39, 0.29) is 31.1 Å². The molecule has 454 valence electrons. The summed E-state index contributed by atoms with van der Waals surface area (Å²) >= 11 is 0. The number of carbonyl (C=O) groups excluding carboxylic acids is 3. The van der Waals surface area contributed by atoms with E-state index in [1.54, 1.807) is 0 Å². The lowest BCUT2D eigenvalue weighted by Crippen LogP contribution is -2.30. The molecule has 0 saturated carbocycles. The van der Waals surface area contributed by atoms with Crippen LogP contribution in [0.15, 0.2) is 24.3 Å². The minimum absolute atomic E-state index is 0.0697. The fourth-order valence-corrected chi connectivity index (χ4v) is 10.7. The first-order valence-corrected chi connectivity index (χ1v) is 34.8. The number of allylic oxidation sites excluding steroid dienone is 4. The van der Waals surface area contributed by atoms with Crippen LogP contribution in [0.4, 0.5) is 0 Å². The van der Waals surface area contributed by atoms with Crippen molar-refractivity contribution in [2.45, 2.75) is 399 Å². The Morgan fingerprint density at radius 3 is 0.766 bits per heavy atom. The minimum Gasteiger partial charge on any atom is -0.462 e. The molecule has 0 heterocycles. The van der Waals surface area contributed by atoms with Gasteiger partial charge in [0.25, 0.3) is 0 Å². The van der Waals surface area contributed by atoms with Crippen LogP contribution in [0.25, 0.3) is 0 Å². The topological polar surface area (TPSA) is 78.9 Å². The van der Waals surface area contributed by atoms with Gasteiger partial charge in [0.2, 0.25) is 0 Å². The summed E-state index contributed by atoms with van der Waals surface area (Å²) in [4.78, 5) is 38.3. The van der Waals surface area contributed by atoms with Gasteiger partial charge < -0.3 is 14.2 Å². The fourth-order valence-electron chi connectivity index (χ4n) is 10.7. The predicted molar refractivity (Wildman–Crippen MR) is 335 cm³/mol. The number of hydrogen-bond donors (Lipinski definition) is 0. The van der Waals surface area contributed by atoms with E-state index < -0.39 is 6.10 Å². The third-order valence-electron chi connectivity index (χ3n) is 15.9. The van der Waals surface area contributed by atoms with Gasteiger partial charge in [0.1, 0.15) is 13.2 Å². The van der Waals surface area contributed by atoms with Crippen molar-refractivity contribution in [3.05, 3.63) is 24.3 Å². The van der Waals surface area contributed by atoms with Crippen LogP contribution in [-0.4, -0.2) is 37.2 Å². The zero-order valence-corrected chi connectivity index (χ0v) is 52.3. The summed E-state index contributed by atoms with van der Waals surface area (Å²) in [6, 6.07) is 0. The van der Waals surface area contributed by atoms with Gasteiger partial charge in [0.05, 0.1) is 0 Å². The molecule has 0 saturated heterocycles. The Hall–Kier alpha value is -2.11. The van der Waals surface area contributed by atoms with E-state index in [2.05, 4.69) is 45.1 Å². The summed E-state index contributed by atoms with van der Waals surface area (Å²) in [5.41, 5.74) is 0. The molecular weight excluding hydrogens is 949 g/mol. The second-order valence-corrected chi connectivity index (χ2v) is 23.8. The Kier molecular flexibility index (Phi) is 64.6. The van der Waals surface area contributed by atoms with E-state index in [1.807, 2.05) is 0 Å². The van der Waals surface area contributed by atoms with Crippen molar-refractivity contribution in [1.82, 2.24) is 0 Å². The highest BCUT2D eigenvalue weighted by Gasteiger charge is 2.19. The molecule has 0 aromatic carbocycles. The van der Waals surface area contributed by atoms with E-state index in [4.69, 9.17) is 14.2 Å². The van der Waals surface area contributed by atoms with Gasteiger partial charge in [-0.05, 0) is 44.9 Å². The second kappa shape index (κ2) is 66.4. The van der Waals surface area contributed by atoms with Gasteiger partial charge in [-0.15, -0.1) is 0 Å². The molecule has 0 spiro atoms. The van der Waals surface area contributed by atoms with Crippen molar-refractivity contribution in [3.63, 3.8) is 0 Å². The molecule has 0 amide bonds. The van der Waals surface area contributed by atoms with Crippen molar-refractivity contribution in [1.29, 1.82) is 0 Å². The number of ether oxygens (including phenoxy) is 3. The van der Waals surface area contributed by atoms with Crippen LogP contribution in [0.3, 0.4) is 0 Å². The highest BCUT2D eigenvalue weighted by Crippen LogP contribution is 2.19. The van der Waals surface area contributed by atoms with Crippen molar-refractivity contribution in [2.24, 2.45) is 0 Å². The highest BCUT2D eigenvalue weighted by molar-refractivity contribution is 5.71. The summed E-state index contributed by atoms with van der Waals surface area (Å²) in [6.07, 6.45) is 80.9. The van der Waals surface area contributed by atoms with Gasteiger partial charge in [-0.25, -0.2) is 0 Å². The van der Waals surface area contributed by atoms with Crippen molar-refractivity contribution in [3.8, 4) is 0 Å². The molecule has 0 rings (SSSR count). The first-order valence-electron chi connectivity index (χ1n) is 34.8. The first-order chi connectivity index (χ1) is 38.0. The van der Waals surface area contributed by atoms with E-state index in [0.717, 1.165) is 83.5 Å². The van der Waals surface area contributed by atoms with Crippen LogP contribution in [0.2, 0.25) is 0 Å². The van der Waals surface area contributed by atoms with Gasteiger partial charge in [0, 0.05) is 19.3 Å². The molecule has 77 heavy (non-hydrogen) atoms. The Labute approximate surface area is 481 Å². The van der Waals surface area contributed by atoms with E-state index in [0.29, 0.717) is 19.3 Å². The largest absolute Gasteiger partial charge is 0.462 e. The normalized spacial score (nSPS) is 12.1. The molecule has 6 heteroatoms. The molecule has 0 aliphatic carbocycles. The average Bonchev–Trinajstić information content (AvgIpc) is 3.43. The smallest absolute Gasteiger partial charge is 0.306 e. The highest BCUT2D eigenvalue weighted by atomic mass is 16.6. The molecular formula is C71H134O6. The molecule has 0 aromatic rings. The van der Waals surface area contributed by atoms with Gasteiger partial charge in [-0.3, -0.25) is 14.4 Å². The average molecular weight is 1080 g/mol. The number of esters is 3. The molecule has 0 aromatic heterocycles. The van der Waals surface area contributed by atoms with Gasteiger partial charge >= 0.3 is 17.9 Å². The standard InChI is InChI=1S/C71H134O6/c1-4-7-10-13-16-19-22-25-27-28-29-30-31-32-33-34-35-36-37-38-39-40-41-42-43-44-47-49-52-55-58-61-64-70(73)76-67-68(66-75-69(72)63-60-57-54-51-48-45-24-21-18-15-12-9-6-3)77-71(74)65-62-59-56-53-50-46-26-23-20-17-14-11-8-5-2/h12,15,21,24,68H,4-11,13-14,16-20,22-23,25-67H2,1-3H3/b15-12-,24-21-. The van der Waals surface area contributed by atoms with Crippen LogP contribution in [0.5, 0.6) is 0 Å². The Bertz CT molecular complexity index is 1240. The number of hydrogen-bond acceptors (Lipinski definition) is 6. The van der Waals surface area contributed by atoms with Crippen LogP contribution >= 0.6 is 0 Å². The number of carbonyl (C=O) groups is 3. The molecule has 6 nitrogen and oxygen atoms in total. The lowest BCUT2D eigenvalue weighted by Gasteiger charge is -2.18. The summed E-state index contributed by atoms with van der Waals surface area (Å²) in [5.74, 6) is -0.857. The predicted octanol–water partition coefficient (Wildman–Crippen LogP) is 23.8. The van der Waals surface area contributed by atoms with E-state index >= 15 is 0 Å². The summed E-state index contributed by atoms with van der Waals surface area (Å²) in [6.45, 7) is 6.63. The van der Waals surface area contributed by atoms with Gasteiger partial charge in [-0.2, -0.15) is 0 Å². The molecule has 0 aliphatic rings. The maximum atomic E-state index is 12.9. The lowest BCUT2D eigenvalue weighted by molar-refractivity contribution is -0.167. The molecule has 0 aliphatic heterocycles. The molecule has 0 fully saturated rings. The Morgan fingerprint density at radius 2 is 0.494 bits per heavy atom. The quantitative estimate of drug-likeness (QED) is 0.0261. The van der Waals surface area contributed by atoms with Crippen LogP contribution in [0.1, 0.15) is 393 Å². The molecule has 0 radical (unpaired) electrons.